The van der Waals surface area contributed by atoms with E-state index in [-0.39, 0.29) is 0 Å². The minimum atomic E-state index is -2.79. The van der Waals surface area contributed by atoms with Crippen molar-refractivity contribution in [2.45, 2.75) is 201 Å². The van der Waals surface area contributed by atoms with E-state index in [0.29, 0.717) is 13.2 Å². The molecule has 0 saturated heterocycles. The third kappa shape index (κ3) is 31.1. The first-order valence-electron chi connectivity index (χ1n) is 21.6. The quantitative estimate of drug-likeness (QED) is 0.0387. The maximum atomic E-state index is 6.80. The van der Waals surface area contributed by atoms with Crippen LogP contribution in [0.1, 0.15) is 195 Å². The molecule has 0 aliphatic rings. The van der Waals surface area contributed by atoms with Crippen LogP contribution in [0.15, 0.2) is 0 Å². The Morgan fingerprint density at radius 3 is 1.00 bits per heavy atom. The second kappa shape index (κ2) is 38.6. The summed E-state index contributed by atoms with van der Waals surface area (Å²) in [6.07, 6.45) is 33.1. The molecule has 0 N–H and O–H groups in total. The molecule has 0 aliphatic carbocycles. The molecule has 0 aliphatic heterocycles. The summed E-state index contributed by atoms with van der Waals surface area (Å²) in [6, 6.07) is 0.878. The van der Waals surface area contributed by atoms with Gasteiger partial charge >= 0.3 is 8.80 Å². The highest BCUT2D eigenvalue weighted by Gasteiger charge is 2.40. The summed E-state index contributed by atoms with van der Waals surface area (Å²) in [5.41, 5.74) is 0. The smallest absolute Gasteiger partial charge is 0.373 e. The van der Waals surface area contributed by atoms with E-state index in [1.54, 1.807) is 0 Å². The zero-order valence-electron chi connectivity index (χ0n) is 33.5. The van der Waals surface area contributed by atoms with Crippen LogP contribution in [0.3, 0.4) is 0 Å². The van der Waals surface area contributed by atoms with E-state index in [1.807, 2.05) is 0 Å². The summed E-state index contributed by atoms with van der Waals surface area (Å²) in [7, 11) is -2.79. The van der Waals surface area contributed by atoms with Crippen molar-refractivity contribution in [3.63, 3.8) is 0 Å². The van der Waals surface area contributed by atoms with Crippen molar-refractivity contribution in [3.8, 4) is 0 Å². The van der Waals surface area contributed by atoms with Crippen LogP contribution in [0, 0.1) is 0 Å². The third-order valence-electron chi connectivity index (χ3n) is 9.73. The molecule has 0 amide bonds. The number of thiol groups is 1. The van der Waals surface area contributed by atoms with Crippen LogP contribution in [0.5, 0.6) is 0 Å². The first kappa shape index (κ1) is 48.4. The number of rotatable bonds is 41. The fraction of sp³-hybridized carbons (Fsp3) is 1.00. The summed E-state index contributed by atoms with van der Waals surface area (Å²) in [5, 5.41) is 0. The summed E-state index contributed by atoms with van der Waals surface area (Å²) >= 11 is 4.58. The first-order chi connectivity index (χ1) is 23.6. The van der Waals surface area contributed by atoms with Gasteiger partial charge in [0.15, 0.2) is 0 Å². The maximum absolute atomic E-state index is 6.80. The fourth-order valence-electron chi connectivity index (χ4n) is 6.37. The Balaban J connectivity index is 4.78. The van der Waals surface area contributed by atoms with Crippen molar-refractivity contribution in [1.29, 1.82) is 0 Å². The van der Waals surface area contributed by atoms with Gasteiger partial charge in [0.25, 0.3) is 0 Å². The van der Waals surface area contributed by atoms with E-state index in [0.717, 1.165) is 70.5 Å². The third-order valence-corrected chi connectivity index (χ3v) is 12.9. The van der Waals surface area contributed by atoms with Gasteiger partial charge in [0.1, 0.15) is 0 Å². The van der Waals surface area contributed by atoms with Crippen molar-refractivity contribution in [3.05, 3.63) is 0 Å². The molecule has 0 heterocycles. The Kier molecular flexibility index (Phi) is 38.9. The molecule has 0 radical (unpaired) electrons. The fourth-order valence-corrected chi connectivity index (χ4v) is 9.38. The second-order valence-corrected chi connectivity index (χ2v) is 17.6. The minimum absolute atomic E-state index is 0.709. The normalized spacial score (nSPS) is 12.2. The number of hydrogen-bond donors (Lipinski definition) is 1. The molecule has 0 rings (SSSR count). The summed E-state index contributed by atoms with van der Waals surface area (Å²) in [6.45, 7) is 20.2. The van der Waals surface area contributed by atoms with Gasteiger partial charge < -0.3 is 23.1 Å². The van der Waals surface area contributed by atoms with Gasteiger partial charge in [0.2, 0.25) is 0 Å². The van der Waals surface area contributed by atoms with Crippen LogP contribution in [0.4, 0.5) is 0 Å². The highest BCUT2D eigenvalue weighted by molar-refractivity contribution is 7.80. The largest absolute Gasteiger partial charge is 0.501 e. The van der Waals surface area contributed by atoms with Crippen molar-refractivity contribution in [2.75, 3.05) is 64.8 Å². The SMILES string of the molecule is CCCCCCCCCCCCCCCCCCO[Si](CCCS)(OCCN(CCCC)CCCC)OCCN(CCCC)CCCC. The topological polar surface area (TPSA) is 34.2 Å². The van der Waals surface area contributed by atoms with Crippen LogP contribution in [-0.2, 0) is 13.3 Å². The molecular weight excluding hydrogens is 629 g/mol. The molecule has 5 nitrogen and oxygen atoms in total. The van der Waals surface area contributed by atoms with Gasteiger partial charge in [-0.3, -0.25) is 0 Å². The molecule has 0 spiro atoms. The Morgan fingerprint density at radius 2 is 0.667 bits per heavy atom. The van der Waals surface area contributed by atoms with Crippen LogP contribution < -0.4 is 0 Å². The van der Waals surface area contributed by atoms with Gasteiger partial charge in [-0.2, -0.15) is 12.6 Å². The molecule has 0 fully saturated rings. The standard InChI is InChI=1S/C41H88N2O3SSi/c1-6-11-16-17-18-19-20-21-22-23-24-25-26-27-28-29-37-44-48(41-30-40-47,45-38-35-42(31-12-7-2)32-13-8-3)46-39-36-43(33-14-9-4)34-15-10-5/h47H,6-41H2,1-5H3. The lowest BCUT2D eigenvalue weighted by atomic mass is 10.0. The van der Waals surface area contributed by atoms with Crippen LogP contribution in [0.25, 0.3) is 0 Å². The van der Waals surface area contributed by atoms with E-state index in [1.165, 1.54) is 148 Å². The molecule has 48 heavy (non-hydrogen) atoms. The predicted octanol–water partition coefficient (Wildman–Crippen LogP) is 12.4. The van der Waals surface area contributed by atoms with Gasteiger partial charge in [0.05, 0.1) is 13.2 Å². The van der Waals surface area contributed by atoms with Crippen molar-refractivity contribution in [2.24, 2.45) is 0 Å². The molecule has 0 aromatic rings. The van der Waals surface area contributed by atoms with Gasteiger partial charge in [-0.15, -0.1) is 0 Å². The van der Waals surface area contributed by atoms with Crippen molar-refractivity contribution in [1.82, 2.24) is 9.80 Å². The molecular formula is C41H88N2O3SSi. The second-order valence-electron chi connectivity index (χ2n) is 14.5. The van der Waals surface area contributed by atoms with Crippen LogP contribution >= 0.6 is 12.6 Å². The Bertz CT molecular complexity index is 576. The lowest BCUT2D eigenvalue weighted by Crippen LogP contribution is -2.49. The van der Waals surface area contributed by atoms with Gasteiger partial charge in [-0.25, -0.2) is 0 Å². The predicted molar refractivity (Wildman–Crippen MR) is 219 cm³/mol. The van der Waals surface area contributed by atoms with E-state index < -0.39 is 8.80 Å². The lowest BCUT2D eigenvalue weighted by Gasteiger charge is -2.32. The summed E-state index contributed by atoms with van der Waals surface area (Å²) in [5.74, 6) is 0.849. The summed E-state index contributed by atoms with van der Waals surface area (Å²) < 4.78 is 20.4. The molecule has 7 heteroatoms. The van der Waals surface area contributed by atoms with Crippen LogP contribution in [-0.4, -0.2) is 83.4 Å². The average molecular weight is 717 g/mol. The molecule has 290 valence electrons. The van der Waals surface area contributed by atoms with E-state index >= 15 is 0 Å². The van der Waals surface area contributed by atoms with E-state index in [4.69, 9.17) is 13.3 Å². The van der Waals surface area contributed by atoms with Crippen molar-refractivity contribution < 1.29 is 13.3 Å². The van der Waals surface area contributed by atoms with Gasteiger partial charge in [-0.05, 0) is 70.5 Å². The lowest BCUT2D eigenvalue weighted by molar-refractivity contribution is 0.0430. The Labute approximate surface area is 309 Å². The van der Waals surface area contributed by atoms with Crippen LogP contribution in [0.2, 0.25) is 6.04 Å². The van der Waals surface area contributed by atoms with E-state index in [2.05, 4.69) is 57.0 Å². The number of hydrogen-bond acceptors (Lipinski definition) is 6. The molecule has 0 atom stereocenters. The molecule has 0 bridgehead atoms. The van der Waals surface area contributed by atoms with Crippen molar-refractivity contribution >= 4 is 21.4 Å². The van der Waals surface area contributed by atoms with E-state index in [9.17, 15) is 0 Å². The zero-order chi connectivity index (χ0) is 35.2. The Morgan fingerprint density at radius 1 is 0.354 bits per heavy atom. The highest BCUT2D eigenvalue weighted by Crippen LogP contribution is 2.21. The average Bonchev–Trinajstić information content (AvgIpc) is 3.10. The van der Waals surface area contributed by atoms with Gasteiger partial charge in [-0.1, -0.05) is 157 Å². The summed E-state index contributed by atoms with van der Waals surface area (Å²) in [4.78, 5) is 5.19. The zero-order valence-corrected chi connectivity index (χ0v) is 35.4. The number of nitrogens with zero attached hydrogens (tertiary/aromatic N) is 2. The highest BCUT2D eigenvalue weighted by atomic mass is 32.1. The maximum Gasteiger partial charge on any atom is 0.501 e. The minimum Gasteiger partial charge on any atom is -0.373 e. The first-order valence-corrected chi connectivity index (χ1v) is 24.1. The Hall–Kier alpha value is 0.367. The van der Waals surface area contributed by atoms with Gasteiger partial charge in [0, 0.05) is 25.7 Å². The molecule has 0 aromatic carbocycles. The molecule has 0 aromatic heterocycles. The molecule has 0 saturated carbocycles. The number of unbranched alkanes of at least 4 members (excludes halogenated alkanes) is 19. The monoisotopic (exact) mass is 717 g/mol. The molecule has 0 unspecified atom stereocenters.